The molecule has 7 aliphatic heterocycles. The molecule has 28 heavy (non-hydrogen) atoms. The second kappa shape index (κ2) is 5.02. The number of hydrogen-bond donors (Lipinski definition) is 1. The molecule has 5 bridgehead atoms. The maximum atomic E-state index is 9.47. The molecule has 5 saturated heterocycles. The van der Waals surface area contributed by atoms with Gasteiger partial charge in [0.25, 0.3) is 0 Å². The lowest BCUT2D eigenvalue weighted by Crippen LogP contribution is -2.61. The summed E-state index contributed by atoms with van der Waals surface area (Å²) < 4.78 is 23.6. The minimum absolute atomic E-state index is 0.112. The van der Waals surface area contributed by atoms with E-state index in [2.05, 4.69) is 4.90 Å². The lowest BCUT2D eigenvalue weighted by molar-refractivity contribution is -0.0155. The highest BCUT2D eigenvalue weighted by atomic mass is 16.7. The zero-order chi connectivity index (χ0) is 18.6. The van der Waals surface area contributed by atoms with Crippen LogP contribution in [-0.4, -0.2) is 61.6 Å². The van der Waals surface area contributed by atoms with Crippen molar-refractivity contribution >= 4 is 11.6 Å². The standard InChI is InChI=1S/C21H22N2O5/c1-25-19-17-13(5-15-18(19)28-9-27-15)22-20-21(17)6-14-12(8-26-20)11-4-16(21)23(14)7-10(11)2-3-24/h2,5,11-12,14,16,24H,3-4,6-9H2,1H3/b10-2+/t11-,12?,14-,16-,21+/m0/s1. The molecule has 0 radical (unpaired) electrons. The molecule has 0 aromatic heterocycles. The molecule has 7 aliphatic rings. The van der Waals surface area contributed by atoms with Crippen LogP contribution in [0.3, 0.4) is 0 Å². The zero-order valence-electron chi connectivity index (χ0n) is 15.7. The lowest BCUT2D eigenvalue weighted by Gasteiger charge is -2.54. The van der Waals surface area contributed by atoms with E-state index in [1.165, 1.54) is 5.57 Å². The average Bonchev–Trinajstić information content (AvgIpc) is 3.31. The molecule has 1 aromatic rings. The van der Waals surface area contributed by atoms with E-state index in [1.54, 1.807) is 7.11 Å². The van der Waals surface area contributed by atoms with Crippen LogP contribution in [0.25, 0.3) is 0 Å². The Balaban J connectivity index is 1.45. The number of fused-ring (bicyclic) bond motifs is 3. The molecular weight excluding hydrogens is 360 g/mol. The highest BCUT2D eigenvalue weighted by Crippen LogP contribution is 2.66. The van der Waals surface area contributed by atoms with Gasteiger partial charge in [-0.25, -0.2) is 4.99 Å². The molecule has 6 atom stereocenters. The summed E-state index contributed by atoms with van der Waals surface area (Å²) in [7, 11) is 1.70. The number of benzene rings is 1. The quantitative estimate of drug-likeness (QED) is 0.786. The van der Waals surface area contributed by atoms with Crippen molar-refractivity contribution in [2.75, 3.05) is 33.7 Å². The monoisotopic (exact) mass is 382 g/mol. The second-order valence-corrected chi connectivity index (χ2v) is 8.66. The van der Waals surface area contributed by atoms with E-state index in [0.717, 1.165) is 42.3 Å². The second-order valence-electron chi connectivity index (χ2n) is 8.66. The number of aliphatic hydroxyl groups excluding tert-OH is 1. The van der Waals surface area contributed by atoms with Crippen molar-refractivity contribution in [2.24, 2.45) is 16.8 Å². The van der Waals surface area contributed by atoms with Crippen molar-refractivity contribution < 1.29 is 24.1 Å². The van der Waals surface area contributed by atoms with Gasteiger partial charge in [-0.1, -0.05) is 11.6 Å². The zero-order valence-corrected chi connectivity index (χ0v) is 15.7. The van der Waals surface area contributed by atoms with Crippen LogP contribution in [0.5, 0.6) is 17.2 Å². The summed E-state index contributed by atoms with van der Waals surface area (Å²) >= 11 is 0. The van der Waals surface area contributed by atoms with E-state index < -0.39 is 0 Å². The van der Waals surface area contributed by atoms with E-state index in [0.29, 0.717) is 42.0 Å². The highest BCUT2D eigenvalue weighted by molar-refractivity contribution is 6.00. The maximum Gasteiger partial charge on any atom is 0.231 e. The fraction of sp³-hybridized carbons (Fsp3) is 0.571. The first-order valence-corrected chi connectivity index (χ1v) is 10.0. The molecule has 1 aromatic carbocycles. The largest absolute Gasteiger partial charge is 0.492 e. The van der Waals surface area contributed by atoms with Gasteiger partial charge in [0, 0.05) is 36.2 Å². The number of ether oxygens (including phenoxy) is 4. The molecule has 1 spiro atoms. The minimum atomic E-state index is -0.277. The van der Waals surface area contributed by atoms with Crippen molar-refractivity contribution in [3.63, 3.8) is 0 Å². The van der Waals surface area contributed by atoms with Crippen molar-refractivity contribution in [1.82, 2.24) is 4.90 Å². The third kappa shape index (κ3) is 1.56. The minimum Gasteiger partial charge on any atom is -0.492 e. The number of methoxy groups -OCH3 is 1. The van der Waals surface area contributed by atoms with E-state index in [1.807, 2.05) is 12.1 Å². The van der Waals surface area contributed by atoms with Crippen LogP contribution in [0.2, 0.25) is 0 Å². The molecule has 146 valence electrons. The Bertz CT molecular complexity index is 972. The Morgan fingerprint density at radius 1 is 1.39 bits per heavy atom. The third-order valence-electron chi connectivity index (χ3n) is 7.87. The molecule has 7 heterocycles. The molecule has 0 amide bonds. The van der Waals surface area contributed by atoms with Gasteiger partial charge in [-0.2, -0.15) is 0 Å². The summed E-state index contributed by atoms with van der Waals surface area (Å²) in [5.41, 5.74) is 3.10. The Kier molecular flexibility index (Phi) is 2.80. The predicted molar refractivity (Wildman–Crippen MR) is 99.5 cm³/mol. The SMILES string of the molecule is COc1c2c(cc3c1[C@]14C[C@H]5C(COC1=N3)[C@H]1C[C@@H]4N5C/C1=C\CO)OCO2. The first-order valence-electron chi connectivity index (χ1n) is 10.0. The van der Waals surface area contributed by atoms with Gasteiger partial charge in [0.2, 0.25) is 18.4 Å². The molecule has 5 fully saturated rings. The molecule has 7 nitrogen and oxygen atoms in total. The summed E-state index contributed by atoms with van der Waals surface area (Å²) in [6.45, 7) is 1.95. The average molecular weight is 382 g/mol. The predicted octanol–water partition coefficient (Wildman–Crippen LogP) is 1.75. The summed E-state index contributed by atoms with van der Waals surface area (Å²) in [4.78, 5) is 7.59. The number of piperidine rings is 3. The lowest BCUT2D eigenvalue weighted by atomic mass is 9.68. The number of aliphatic hydroxyl groups is 1. The van der Waals surface area contributed by atoms with Gasteiger partial charge in [-0.15, -0.1) is 0 Å². The van der Waals surface area contributed by atoms with Crippen LogP contribution in [-0.2, 0) is 10.2 Å². The van der Waals surface area contributed by atoms with Gasteiger partial charge in [0.15, 0.2) is 11.5 Å². The molecule has 0 saturated carbocycles. The Labute approximate surface area is 162 Å². The summed E-state index contributed by atoms with van der Waals surface area (Å²) in [5, 5.41) is 9.47. The summed E-state index contributed by atoms with van der Waals surface area (Å²) in [6.07, 6.45) is 4.09. The van der Waals surface area contributed by atoms with Crippen LogP contribution in [0.1, 0.15) is 18.4 Å². The third-order valence-corrected chi connectivity index (χ3v) is 7.87. The number of aliphatic imine (C=N–C) groups is 1. The van der Waals surface area contributed by atoms with E-state index in [-0.39, 0.29) is 18.8 Å². The molecule has 7 heteroatoms. The van der Waals surface area contributed by atoms with Crippen LogP contribution < -0.4 is 14.2 Å². The Morgan fingerprint density at radius 3 is 3.18 bits per heavy atom. The van der Waals surface area contributed by atoms with Gasteiger partial charge in [0.05, 0.1) is 31.4 Å². The first-order chi connectivity index (χ1) is 13.8. The van der Waals surface area contributed by atoms with Gasteiger partial charge in [0.1, 0.15) is 0 Å². The van der Waals surface area contributed by atoms with Crippen molar-refractivity contribution in [2.45, 2.75) is 30.3 Å². The molecule has 0 aliphatic carbocycles. The maximum absolute atomic E-state index is 9.47. The van der Waals surface area contributed by atoms with Gasteiger partial charge < -0.3 is 24.1 Å². The van der Waals surface area contributed by atoms with Gasteiger partial charge in [-0.05, 0) is 18.8 Å². The van der Waals surface area contributed by atoms with Gasteiger partial charge in [-0.3, -0.25) is 4.90 Å². The van der Waals surface area contributed by atoms with Crippen molar-refractivity contribution in [3.8, 4) is 17.2 Å². The smallest absolute Gasteiger partial charge is 0.231 e. The number of hydrogen-bond acceptors (Lipinski definition) is 7. The summed E-state index contributed by atoms with van der Waals surface area (Å²) in [5.74, 6) is 3.92. The Morgan fingerprint density at radius 2 is 2.32 bits per heavy atom. The normalized spacial score (nSPS) is 41.6. The van der Waals surface area contributed by atoms with E-state index in [9.17, 15) is 5.11 Å². The van der Waals surface area contributed by atoms with Crippen molar-refractivity contribution in [1.29, 1.82) is 0 Å². The molecule has 8 rings (SSSR count). The topological polar surface area (TPSA) is 72.8 Å². The number of nitrogens with zero attached hydrogens (tertiary/aromatic N) is 2. The highest BCUT2D eigenvalue weighted by Gasteiger charge is 2.69. The van der Waals surface area contributed by atoms with E-state index in [4.69, 9.17) is 23.9 Å². The van der Waals surface area contributed by atoms with Crippen LogP contribution in [0.15, 0.2) is 22.7 Å². The van der Waals surface area contributed by atoms with Crippen LogP contribution in [0, 0.1) is 11.8 Å². The first kappa shape index (κ1) is 15.6. The molecule has 2 unspecified atom stereocenters. The Hall–Kier alpha value is -2.25. The van der Waals surface area contributed by atoms with Crippen molar-refractivity contribution in [3.05, 3.63) is 23.3 Å². The fourth-order valence-electron chi connectivity index (χ4n) is 6.92. The fourth-order valence-corrected chi connectivity index (χ4v) is 6.92. The molecule has 1 N–H and O–H groups in total. The van der Waals surface area contributed by atoms with E-state index >= 15 is 0 Å². The number of rotatable bonds is 2. The summed E-state index contributed by atoms with van der Waals surface area (Å²) in [6, 6.07) is 2.79. The van der Waals surface area contributed by atoms with Gasteiger partial charge >= 0.3 is 0 Å². The molecular formula is C21H22N2O5. The van der Waals surface area contributed by atoms with Crippen LogP contribution in [0.4, 0.5) is 5.69 Å². The van der Waals surface area contributed by atoms with Crippen LogP contribution >= 0.6 is 0 Å².